The molecule has 114 valence electrons. The highest BCUT2D eigenvalue weighted by Crippen LogP contribution is 2.20. The number of aliphatic carboxylic acids is 1. The summed E-state index contributed by atoms with van der Waals surface area (Å²) in [5.41, 5.74) is 0.420. The normalized spacial score (nSPS) is 11.7. The number of carboxylic acids is 1. The van der Waals surface area contributed by atoms with Gasteiger partial charge in [0.05, 0.1) is 4.92 Å². The minimum absolute atomic E-state index is 0.0135. The lowest BCUT2D eigenvalue weighted by molar-refractivity contribution is -0.384. The van der Waals surface area contributed by atoms with Gasteiger partial charge in [0.2, 0.25) is 0 Å². The highest BCUT2D eigenvalue weighted by Gasteiger charge is 2.21. The van der Waals surface area contributed by atoms with E-state index in [1.807, 2.05) is 0 Å². The number of ether oxygens (including phenoxy) is 1. The summed E-state index contributed by atoms with van der Waals surface area (Å²) in [7, 11) is 0. The van der Waals surface area contributed by atoms with Crippen LogP contribution in [-0.2, 0) is 11.2 Å². The zero-order valence-electron chi connectivity index (χ0n) is 11.3. The number of benzene rings is 2. The van der Waals surface area contributed by atoms with E-state index in [0.717, 1.165) is 0 Å². The average Bonchev–Trinajstić information content (AvgIpc) is 2.49. The van der Waals surface area contributed by atoms with Crippen molar-refractivity contribution >= 4 is 23.3 Å². The molecule has 6 nitrogen and oxygen atoms in total. The maximum absolute atomic E-state index is 11.3. The first-order valence-corrected chi connectivity index (χ1v) is 6.72. The second-order valence-corrected chi connectivity index (χ2v) is 4.97. The fourth-order valence-electron chi connectivity index (χ4n) is 1.87. The first kappa shape index (κ1) is 15.8. The number of carbonyl (C=O) groups is 1. The zero-order valence-corrected chi connectivity index (χ0v) is 12.1. The van der Waals surface area contributed by atoms with E-state index in [0.29, 0.717) is 16.3 Å². The van der Waals surface area contributed by atoms with E-state index in [9.17, 15) is 20.0 Å². The van der Waals surface area contributed by atoms with Gasteiger partial charge in [-0.05, 0) is 29.8 Å². The van der Waals surface area contributed by atoms with Crippen molar-refractivity contribution in [3.05, 3.63) is 69.2 Å². The van der Waals surface area contributed by atoms with E-state index in [1.54, 1.807) is 30.3 Å². The molecule has 0 saturated heterocycles. The van der Waals surface area contributed by atoms with Gasteiger partial charge < -0.3 is 9.84 Å². The first-order valence-electron chi connectivity index (χ1n) is 6.34. The summed E-state index contributed by atoms with van der Waals surface area (Å²) in [6.45, 7) is 0. The van der Waals surface area contributed by atoms with Crippen molar-refractivity contribution in [3.8, 4) is 5.75 Å². The fraction of sp³-hybridized carbons (Fsp3) is 0.133. The third-order valence-corrected chi connectivity index (χ3v) is 3.16. The van der Waals surface area contributed by atoms with Gasteiger partial charge in [-0.2, -0.15) is 0 Å². The molecule has 0 aliphatic rings. The predicted molar refractivity (Wildman–Crippen MR) is 80.3 cm³/mol. The molecule has 0 fully saturated rings. The number of nitro groups is 1. The first-order chi connectivity index (χ1) is 10.5. The molecule has 0 aromatic heterocycles. The van der Waals surface area contributed by atoms with Gasteiger partial charge in [-0.15, -0.1) is 0 Å². The summed E-state index contributed by atoms with van der Waals surface area (Å²) in [6, 6.07) is 12.1. The number of halogens is 1. The van der Waals surface area contributed by atoms with Crippen molar-refractivity contribution in [2.24, 2.45) is 0 Å². The average molecular weight is 322 g/mol. The number of carboxylic acid groups (broad SMARTS) is 1. The van der Waals surface area contributed by atoms with Gasteiger partial charge in [-0.25, -0.2) is 4.79 Å². The zero-order chi connectivity index (χ0) is 16.1. The van der Waals surface area contributed by atoms with Gasteiger partial charge in [-0.3, -0.25) is 10.1 Å². The van der Waals surface area contributed by atoms with Crippen LogP contribution in [0.3, 0.4) is 0 Å². The van der Waals surface area contributed by atoms with Gasteiger partial charge in [-0.1, -0.05) is 23.7 Å². The number of rotatable bonds is 6. The quantitative estimate of drug-likeness (QED) is 0.651. The van der Waals surface area contributed by atoms with Crippen molar-refractivity contribution in [3.63, 3.8) is 0 Å². The molecule has 0 unspecified atom stereocenters. The molecule has 0 amide bonds. The summed E-state index contributed by atoms with van der Waals surface area (Å²) in [5, 5.41) is 20.5. The molecule has 1 N–H and O–H groups in total. The van der Waals surface area contributed by atoms with Crippen LogP contribution in [0, 0.1) is 10.1 Å². The Hall–Kier alpha value is -2.60. The van der Waals surface area contributed by atoms with Crippen LogP contribution in [0.4, 0.5) is 5.69 Å². The van der Waals surface area contributed by atoms with Gasteiger partial charge in [0.25, 0.3) is 5.69 Å². The van der Waals surface area contributed by atoms with E-state index in [-0.39, 0.29) is 12.1 Å². The Kier molecular flexibility index (Phi) is 4.95. The SMILES string of the molecule is O=C(O)[C@@H](Cc1cccc([N+](=O)[O-])c1)Oc1ccc(Cl)cc1. The number of hydrogen-bond donors (Lipinski definition) is 1. The molecule has 0 aliphatic carbocycles. The number of non-ortho nitro benzene ring substituents is 1. The number of nitro benzene ring substituents is 1. The van der Waals surface area contributed by atoms with E-state index in [1.165, 1.54) is 18.2 Å². The van der Waals surface area contributed by atoms with Crippen molar-refractivity contribution in [1.82, 2.24) is 0 Å². The smallest absolute Gasteiger partial charge is 0.345 e. The van der Waals surface area contributed by atoms with Crippen LogP contribution in [0.2, 0.25) is 5.02 Å². The van der Waals surface area contributed by atoms with Crippen LogP contribution in [0.5, 0.6) is 5.75 Å². The van der Waals surface area contributed by atoms with E-state index in [2.05, 4.69) is 0 Å². The van der Waals surface area contributed by atoms with E-state index in [4.69, 9.17) is 16.3 Å². The lowest BCUT2D eigenvalue weighted by atomic mass is 10.1. The second kappa shape index (κ2) is 6.91. The topological polar surface area (TPSA) is 89.7 Å². The summed E-state index contributed by atoms with van der Waals surface area (Å²) in [6.07, 6.45) is -1.14. The van der Waals surface area contributed by atoms with E-state index >= 15 is 0 Å². The Balaban J connectivity index is 2.15. The van der Waals surface area contributed by atoms with Crippen LogP contribution in [0.1, 0.15) is 5.56 Å². The molecule has 1 atom stereocenters. The third-order valence-electron chi connectivity index (χ3n) is 2.91. The summed E-state index contributed by atoms with van der Waals surface area (Å²) in [5.74, 6) is -0.788. The van der Waals surface area contributed by atoms with Crippen LogP contribution in [-0.4, -0.2) is 22.1 Å². The summed E-state index contributed by atoms with van der Waals surface area (Å²) < 4.78 is 5.41. The molecule has 0 bridgehead atoms. The summed E-state index contributed by atoms with van der Waals surface area (Å²) >= 11 is 5.75. The molecular formula is C15H12ClNO5. The molecule has 2 aromatic rings. The molecule has 0 aliphatic heterocycles. The molecule has 0 saturated carbocycles. The number of hydrogen-bond acceptors (Lipinski definition) is 4. The minimum atomic E-state index is -1.15. The maximum atomic E-state index is 11.3. The van der Waals surface area contributed by atoms with Gasteiger partial charge in [0.15, 0.2) is 6.10 Å². The highest BCUT2D eigenvalue weighted by molar-refractivity contribution is 6.30. The molecule has 0 radical (unpaired) electrons. The van der Waals surface area contributed by atoms with E-state index < -0.39 is 17.0 Å². The van der Waals surface area contributed by atoms with Crippen LogP contribution in [0.15, 0.2) is 48.5 Å². The predicted octanol–water partition coefficient (Wildman–Crippen LogP) is 3.32. The van der Waals surface area contributed by atoms with Crippen LogP contribution < -0.4 is 4.74 Å². The van der Waals surface area contributed by atoms with Crippen molar-refractivity contribution in [1.29, 1.82) is 0 Å². The lowest BCUT2D eigenvalue weighted by Gasteiger charge is -2.15. The third kappa shape index (κ3) is 4.20. The van der Waals surface area contributed by atoms with Gasteiger partial charge >= 0.3 is 5.97 Å². The Bertz CT molecular complexity index is 687. The standard InChI is InChI=1S/C15H12ClNO5/c16-11-4-6-13(7-5-11)22-14(15(18)19)9-10-2-1-3-12(8-10)17(20)21/h1-8,14H,9H2,(H,18,19)/t14-/m1/s1. The molecule has 0 heterocycles. The Labute approximate surface area is 131 Å². The Morgan fingerprint density at radius 3 is 2.55 bits per heavy atom. The Morgan fingerprint density at radius 2 is 1.95 bits per heavy atom. The fourth-order valence-corrected chi connectivity index (χ4v) is 1.99. The van der Waals surface area contributed by atoms with Crippen LogP contribution in [0.25, 0.3) is 0 Å². The summed E-state index contributed by atoms with van der Waals surface area (Å²) in [4.78, 5) is 21.5. The molecule has 22 heavy (non-hydrogen) atoms. The maximum Gasteiger partial charge on any atom is 0.345 e. The molecule has 0 spiro atoms. The largest absolute Gasteiger partial charge is 0.478 e. The molecular weight excluding hydrogens is 310 g/mol. The molecule has 2 aromatic carbocycles. The van der Waals surface area contributed by atoms with Crippen molar-refractivity contribution in [2.75, 3.05) is 0 Å². The molecule has 2 rings (SSSR count). The highest BCUT2D eigenvalue weighted by atomic mass is 35.5. The lowest BCUT2D eigenvalue weighted by Crippen LogP contribution is -2.29. The minimum Gasteiger partial charge on any atom is -0.478 e. The second-order valence-electron chi connectivity index (χ2n) is 4.53. The van der Waals surface area contributed by atoms with Crippen molar-refractivity contribution < 1.29 is 19.6 Å². The molecule has 7 heteroatoms. The monoisotopic (exact) mass is 321 g/mol. The Morgan fingerprint density at radius 1 is 1.27 bits per heavy atom. The van der Waals surface area contributed by atoms with Crippen LogP contribution >= 0.6 is 11.6 Å². The van der Waals surface area contributed by atoms with Crippen molar-refractivity contribution in [2.45, 2.75) is 12.5 Å². The van der Waals surface area contributed by atoms with Gasteiger partial charge in [0, 0.05) is 23.6 Å². The van der Waals surface area contributed by atoms with Gasteiger partial charge in [0.1, 0.15) is 5.75 Å². The number of nitrogens with zero attached hydrogens (tertiary/aromatic N) is 1.